The summed E-state index contributed by atoms with van der Waals surface area (Å²) in [6.45, 7) is 3.86. The zero-order valence-corrected chi connectivity index (χ0v) is 18.3. The quantitative estimate of drug-likeness (QED) is 0.549. The second kappa shape index (κ2) is 8.66. The minimum absolute atomic E-state index is 0.299. The van der Waals surface area contributed by atoms with Crippen LogP contribution in [0.3, 0.4) is 0 Å². The number of H-pyrrole nitrogens is 1. The molecule has 1 saturated carbocycles. The lowest BCUT2D eigenvalue weighted by Gasteiger charge is -2.16. The molecule has 2 aliphatic rings. The number of ketones is 1. The van der Waals surface area contributed by atoms with Crippen molar-refractivity contribution in [3.63, 3.8) is 0 Å². The van der Waals surface area contributed by atoms with Gasteiger partial charge in [-0.3, -0.25) is 9.89 Å². The van der Waals surface area contributed by atoms with Crippen LogP contribution in [0, 0.1) is 12.8 Å². The van der Waals surface area contributed by atoms with Crippen molar-refractivity contribution in [2.24, 2.45) is 5.92 Å². The highest BCUT2D eigenvalue weighted by molar-refractivity contribution is 7.99. The van der Waals surface area contributed by atoms with E-state index in [2.05, 4.69) is 30.4 Å². The van der Waals surface area contributed by atoms with E-state index in [9.17, 15) is 4.79 Å². The number of hydrogen-bond donors (Lipinski definition) is 2. The minimum atomic E-state index is 0.299. The number of nitrogens with zero attached hydrogens (tertiary/aromatic N) is 5. The van der Waals surface area contributed by atoms with Crippen LogP contribution in [0.15, 0.2) is 40.4 Å². The number of anilines is 3. The van der Waals surface area contributed by atoms with E-state index < -0.39 is 0 Å². The Morgan fingerprint density at radius 1 is 1.16 bits per heavy atom. The third-order valence-electron chi connectivity index (χ3n) is 5.48. The lowest BCUT2D eigenvalue weighted by Crippen LogP contribution is -2.21. The average molecular weight is 436 g/mol. The zero-order valence-electron chi connectivity index (χ0n) is 17.5. The van der Waals surface area contributed by atoms with Gasteiger partial charge in [-0.1, -0.05) is 12.1 Å². The van der Waals surface area contributed by atoms with Gasteiger partial charge in [0, 0.05) is 42.1 Å². The molecule has 0 spiro atoms. The van der Waals surface area contributed by atoms with Crippen molar-refractivity contribution in [2.45, 2.75) is 49.1 Å². The molecule has 3 heterocycles. The van der Waals surface area contributed by atoms with Gasteiger partial charge in [0.2, 0.25) is 11.9 Å². The number of benzene rings is 1. The SMILES string of the molecule is Cc1cc(Nc2nc(Sc3ccc(CC(=O)C4CC4)cc3)nc(N3CCCC3)n2)n[nH]1. The summed E-state index contributed by atoms with van der Waals surface area (Å²) in [5, 5.41) is 10.9. The summed E-state index contributed by atoms with van der Waals surface area (Å²) in [6, 6.07) is 10.0. The van der Waals surface area contributed by atoms with Gasteiger partial charge in [0.05, 0.1) is 0 Å². The molecule has 0 atom stereocenters. The van der Waals surface area contributed by atoms with Crippen LogP contribution < -0.4 is 10.2 Å². The van der Waals surface area contributed by atoms with E-state index in [0.29, 0.717) is 41.0 Å². The molecule has 8 nitrogen and oxygen atoms in total. The van der Waals surface area contributed by atoms with Gasteiger partial charge in [-0.25, -0.2) is 0 Å². The molecule has 2 fully saturated rings. The minimum Gasteiger partial charge on any atom is -0.341 e. The number of carbonyl (C=O) groups excluding carboxylic acids is 1. The van der Waals surface area contributed by atoms with Crippen LogP contribution in [-0.4, -0.2) is 44.0 Å². The predicted octanol–water partition coefficient (Wildman–Crippen LogP) is 3.92. The third kappa shape index (κ3) is 5.04. The maximum Gasteiger partial charge on any atom is 0.234 e. The highest BCUT2D eigenvalue weighted by atomic mass is 32.2. The van der Waals surface area contributed by atoms with Crippen LogP contribution in [0.5, 0.6) is 0 Å². The van der Waals surface area contributed by atoms with E-state index in [0.717, 1.165) is 54.9 Å². The Bertz CT molecular complexity index is 1070. The first-order chi connectivity index (χ1) is 15.1. The molecule has 0 unspecified atom stereocenters. The summed E-state index contributed by atoms with van der Waals surface area (Å²) in [5.41, 5.74) is 2.03. The second-order valence-corrected chi connectivity index (χ2v) is 9.20. The van der Waals surface area contributed by atoms with E-state index in [-0.39, 0.29) is 0 Å². The molecule has 1 saturated heterocycles. The van der Waals surface area contributed by atoms with Crippen molar-refractivity contribution in [1.29, 1.82) is 0 Å². The van der Waals surface area contributed by atoms with Gasteiger partial charge in [-0.05, 0) is 62.1 Å². The van der Waals surface area contributed by atoms with Crippen LogP contribution in [-0.2, 0) is 11.2 Å². The highest BCUT2D eigenvalue weighted by Crippen LogP contribution is 2.32. The van der Waals surface area contributed by atoms with Gasteiger partial charge in [0.1, 0.15) is 5.78 Å². The van der Waals surface area contributed by atoms with Gasteiger partial charge in [-0.2, -0.15) is 20.1 Å². The van der Waals surface area contributed by atoms with Crippen molar-refractivity contribution in [3.8, 4) is 0 Å². The van der Waals surface area contributed by atoms with Crippen LogP contribution in [0.4, 0.5) is 17.7 Å². The predicted molar refractivity (Wildman–Crippen MR) is 120 cm³/mol. The topological polar surface area (TPSA) is 99.7 Å². The normalized spacial score (nSPS) is 16.0. The number of aryl methyl sites for hydroxylation is 1. The number of rotatable bonds is 8. The lowest BCUT2D eigenvalue weighted by molar-refractivity contribution is -0.119. The molecule has 0 radical (unpaired) electrons. The van der Waals surface area contributed by atoms with Crippen molar-refractivity contribution < 1.29 is 4.79 Å². The van der Waals surface area contributed by atoms with E-state index in [4.69, 9.17) is 4.98 Å². The van der Waals surface area contributed by atoms with Crippen LogP contribution in [0.2, 0.25) is 0 Å². The van der Waals surface area contributed by atoms with E-state index in [1.807, 2.05) is 37.3 Å². The Labute approximate surface area is 185 Å². The van der Waals surface area contributed by atoms with Crippen molar-refractivity contribution in [3.05, 3.63) is 41.6 Å². The summed E-state index contributed by atoms with van der Waals surface area (Å²) in [4.78, 5) is 29.2. The van der Waals surface area contributed by atoms with Gasteiger partial charge < -0.3 is 10.2 Å². The van der Waals surface area contributed by atoms with E-state index >= 15 is 0 Å². The molecule has 0 bridgehead atoms. The van der Waals surface area contributed by atoms with Gasteiger partial charge in [0.15, 0.2) is 11.0 Å². The van der Waals surface area contributed by atoms with E-state index in [1.165, 1.54) is 11.8 Å². The van der Waals surface area contributed by atoms with Crippen LogP contribution in [0.25, 0.3) is 0 Å². The zero-order chi connectivity index (χ0) is 21.2. The molecule has 3 aromatic rings. The average Bonchev–Trinajstić information content (AvgIpc) is 3.31. The summed E-state index contributed by atoms with van der Waals surface area (Å²) < 4.78 is 0. The summed E-state index contributed by atoms with van der Waals surface area (Å²) >= 11 is 1.49. The molecular formula is C22H25N7OS. The van der Waals surface area contributed by atoms with Crippen LogP contribution >= 0.6 is 11.8 Å². The van der Waals surface area contributed by atoms with Crippen LogP contribution in [0.1, 0.15) is 36.9 Å². The van der Waals surface area contributed by atoms with Crippen molar-refractivity contribution in [1.82, 2.24) is 25.1 Å². The van der Waals surface area contributed by atoms with Gasteiger partial charge in [0.25, 0.3) is 0 Å². The van der Waals surface area contributed by atoms with Crippen molar-refractivity contribution >= 4 is 35.3 Å². The Hall–Kier alpha value is -2.94. The largest absolute Gasteiger partial charge is 0.341 e. The molecule has 5 rings (SSSR count). The molecule has 1 aliphatic carbocycles. The van der Waals surface area contributed by atoms with Gasteiger partial charge in [-0.15, -0.1) is 0 Å². The maximum absolute atomic E-state index is 12.1. The Morgan fingerprint density at radius 2 is 1.94 bits per heavy atom. The smallest absolute Gasteiger partial charge is 0.234 e. The molecule has 0 amide bonds. The number of carbonyl (C=O) groups is 1. The van der Waals surface area contributed by atoms with Crippen molar-refractivity contribution in [2.75, 3.05) is 23.3 Å². The second-order valence-electron chi connectivity index (χ2n) is 8.16. The number of hydrogen-bond acceptors (Lipinski definition) is 8. The molecule has 9 heteroatoms. The first-order valence-electron chi connectivity index (χ1n) is 10.7. The van der Waals surface area contributed by atoms with Gasteiger partial charge >= 0.3 is 0 Å². The first-order valence-corrected chi connectivity index (χ1v) is 11.5. The molecule has 2 N–H and O–H groups in total. The Morgan fingerprint density at radius 3 is 2.61 bits per heavy atom. The molecule has 2 aromatic heterocycles. The van der Waals surface area contributed by atoms with E-state index in [1.54, 1.807) is 0 Å². The standard InChI is InChI=1S/C22H25N7OS/c1-14-12-19(28-27-14)23-20-24-21(29-10-2-3-11-29)26-22(25-20)31-17-8-4-15(5-9-17)13-18(30)16-6-7-16/h4-5,8-9,12,16H,2-3,6-7,10-11,13H2,1H3,(H2,23,24,25,26,27,28). The molecular weight excluding hydrogens is 410 g/mol. The first kappa shape index (κ1) is 20.0. The fourth-order valence-electron chi connectivity index (χ4n) is 3.63. The lowest BCUT2D eigenvalue weighted by atomic mass is 10.1. The molecule has 1 aliphatic heterocycles. The number of Topliss-reactive ketones (excluding diaryl/α,β-unsaturated/α-hetero) is 1. The Kier molecular flexibility index (Phi) is 5.59. The Balaban J connectivity index is 1.34. The molecule has 1 aromatic carbocycles. The number of aromatic amines is 1. The fourth-order valence-corrected chi connectivity index (χ4v) is 4.38. The fraction of sp³-hybridized carbons (Fsp3) is 0.409. The monoisotopic (exact) mass is 435 g/mol. The summed E-state index contributed by atoms with van der Waals surface area (Å²) in [5.74, 6) is 2.51. The molecule has 31 heavy (non-hydrogen) atoms. The maximum atomic E-state index is 12.1. The third-order valence-corrected chi connectivity index (χ3v) is 6.35. The molecule has 160 valence electrons. The number of nitrogens with one attached hydrogen (secondary N) is 2. The highest BCUT2D eigenvalue weighted by Gasteiger charge is 2.29. The number of aromatic nitrogens is 5. The summed E-state index contributed by atoms with van der Waals surface area (Å²) in [6.07, 6.45) is 4.93. The summed E-state index contributed by atoms with van der Waals surface area (Å²) in [7, 11) is 0.